The Balaban J connectivity index is 1.54. The first-order chi connectivity index (χ1) is 10.2. The molecule has 0 saturated carbocycles. The number of aromatic nitrogens is 2. The molecule has 0 atom stereocenters. The van der Waals surface area contributed by atoms with Gasteiger partial charge in [-0.05, 0) is 49.8 Å². The predicted molar refractivity (Wildman–Crippen MR) is 83.4 cm³/mol. The SMILES string of the molecule is Cc1cc(CC2CCN(C(=O)c3cscn3)CC2)ccn1. The highest BCUT2D eigenvalue weighted by Gasteiger charge is 2.24. The third kappa shape index (κ3) is 3.47. The molecular formula is C16H19N3OS. The molecule has 0 spiro atoms. The maximum absolute atomic E-state index is 12.2. The van der Waals surface area contributed by atoms with Gasteiger partial charge in [0, 0.05) is 30.4 Å². The first-order valence-corrected chi connectivity index (χ1v) is 8.25. The molecule has 0 aliphatic carbocycles. The highest BCUT2D eigenvalue weighted by molar-refractivity contribution is 7.07. The van der Waals surface area contributed by atoms with Crippen LogP contribution < -0.4 is 0 Å². The maximum atomic E-state index is 12.2. The highest BCUT2D eigenvalue weighted by Crippen LogP contribution is 2.23. The third-order valence-corrected chi connectivity index (χ3v) is 4.63. The minimum absolute atomic E-state index is 0.0782. The minimum atomic E-state index is 0.0782. The molecule has 0 unspecified atom stereocenters. The van der Waals surface area contributed by atoms with Crippen molar-refractivity contribution in [2.75, 3.05) is 13.1 Å². The average Bonchev–Trinajstić information content (AvgIpc) is 3.01. The average molecular weight is 301 g/mol. The number of hydrogen-bond donors (Lipinski definition) is 0. The summed E-state index contributed by atoms with van der Waals surface area (Å²) in [4.78, 5) is 22.5. The van der Waals surface area contributed by atoms with Gasteiger partial charge in [0.15, 0.2) is 0 Å². The summed E-state index contributed by atoms with van der Waals surface area (Å²) in [6.45, 7) is 3.70. The molecule has 2 aromatic rings. The van der Waals surface area contributed by atoms with E-state index < -0.39 is 0 Å². The molecule has 0 radical (unpaired) electrons. The Kier molecular flexibility index (Phi) is 4.29. The van der Waals surface area contributed by atoms with Crippen molar-refractivity contribution in [2.45, 2.75) is 26.2 Å². The van der Waals surface area contributed by atoms with Gasteiger partial charge in [-0.1, -0.05) is 0 Å². The molecule has 1 aliphatic rings. The van der Waals surface area contributed by atoms with Crippen LogP contribution in [0.1, 0.15) is 34.6 Å². The largest absolute Gasteiger partial charge is 0.337 e. The maximum Gasteiger partial charge on any atom is 0.273 e. The van der Waals surface area contributed by atoms with E-state index in [2.05, 4.69) is 22.1 Å². The standard InChI is InChI=1S/C16H19N3OS/c1-12-8-14(2-5-17-12)9-13-3-6-19(7-4-13)16(20)15-10-21-11-18-15/h2,5,8,10-11,13H,3-4,6-7,9H2,1H3. The smallest absolute Gasteiger partial charge is 0.273 e. The Morgan fingerprint density at radius 2 is 2.19 bits per heavy atom. The first kappa shape index (κ1) is 14.2. The normalized spacial score (nSPS) is 16.1. The van der Waals surface area contributed by atoms with E-state index in [0.717, 1.165) is 38.0 Å². The zero-order valence-electron chi connectivity index (χ0n) is 12.2. The van der Waals surface area contributed by atoms with Crippen LogP contribution in [0.5, 0.6) is 0 Å². The molecule has 110 valence electrons. The molecule has 4 nitrogen and oxygen atoms in total. The van der Waals surface area contributed by atoms with Crippen LogP contribution in [0.4, 0.5) is 0 Å². The third-order valence-electron chi connectivity index (χ3n) is 4.04. The van der Waals surface area contributed by atoms with Crippen molar-refractivity contribution in [3.63, 3.8) is 0 Å². The van der Waals surface area contributed by atoms with Gasteiger partial charge < -0.3 is 4.90 Å². The zero-order valence-corrected chi connectivity index (χ0v) is 13.0. The number of piperidine rings is 1. The lowest BCUT2D eigenvalue weighted by Crippen LogP contribution is -2.39. The molecule has 1 aliphatic heterocycles. The van der Waals surface area contributed by atoms with Crippen LogP contribution in [0, 0.1) is 12.8 Å². The monoisotopic (exact) mass is 301 g/mol. The zero-order chi connectivity index (χ0) is 14.7. The quantitative estimate of drug-likeness (QED) is 0.875. The second-order valence-corrected chi connectivity index (χ2v) is 6.34. The lowest BCUT2D eigenvalue weighted by Gasteiger charge is -2.31. The van der Waals surface area contributed by atoms with E-state index in [0.29, 0.717) is 11.6 Å². The number of carbonyl (C=O) groups is 1. The highest BCUT2D eigenvalue weighted by atomic mass is 32.1. The van der Waals surface area contributed by atoms with Gasteiger partial charge >= 0.3 is 0 Å². The molecule has 1 saturated heterocycles. The first-order valence-electron chi connectivity index (χ1n) is 7.31. The number of likely N-dealkylation sites (tertiary alicyclic amines) is 1. The molecule has 1 fully saturated rings. The van der Waals surface area contributed by atoms with Gasteiger partial charge in [-0.2, -0.15) is 0 Å². The van der Waals surface area contributed by atoms with Crippen molar-refractivity contribution in [1.82, 2.24) is 14.9 Å². The van der Waals surface area contributed by atoms with E-state index in [1.165, 1.54) is 16.9 Å². The molecule has 0 aromatic carbocycles. The number of amides is 1. The summed E-state index contributed by atoms with van der Waals surface area (Å²) in [6, 6.07) is 4.26. The van der Waals surface area contributed by atoms with Gasteiger partial charge in [0.05, 0.1) is 5.51 Å². The molecule has 5 heteroatoms. The van der Waals surface area contributed by atoms with E-state index in [4.69, 9.17) is 0 Å². The second kappa shape index (κ2) is 6.35. The summed E-state index contributed by atoms with van der Waals surface area (Å²) in [5, 5.41) is 1.83. The fourth-order valence-electron chi connectivity index (χ4n) is 2.88. The number of carbonyl (C=O) groups excluding carboxylic acids is 1. The van der Waals surface area contributed by atoms with Crippen molar-refractivity contribution >= 4 is 17.2 Å². The summed E-state index contributed by atoms with van der Waals surface area (Å²) in [6.07, 6.45) is 5.10. The van der Waals surface area contributed by atoms with Crippen molar-refractivity contribution in [2.24, 2.45) is 5.92 Å². The van der Waals surface area contributed by atoms with Crippen molar-refractivity contribution < 1.29 is 4.79 Å². The summed E-state index contributed by atoms with van der Waals surface area (Å²) in [7, 11) is 0. The number of pyridine rings is 1. The molecule has 2 aromatic heterocycles. The Labute approximate surface area is 128 Å². The van der Waals surface area contributed by atoms with E-state index in [9.17, 15) is 4.79 Å². The number of rotatable bonds is 3. The van der Waals surface area contributed by atoms with Gasteiger partial charge in [0.25, 0.3) is 5.91 Å². The molecule has 0 N–H and O–H groups in total. The van der Waals surface area contributed by atoms with Crippen molar-refractivity contribution in [3.8, 4) is 0 Å². The minimum Gasteiger partial charge on any atom is -0.337 e. The fraction of sp³-hybridized carbons (Fsp3) is 0.438. The van der Waals surface area contributed by atoms with Gasteiger partial charge in [-0.3, -0.25) is 9.78 Å². The molecule has 21 heavy (non-hydrogen) atoms. The summed E-state index contributed by atoms with van der Waals surface area (Å²) < 4.78 is 0. The van der Waals surface area contributed by atoms with Gasteiger partial charge in [-0.25, -0.2) is 4.98 Å². The molecule has 0 bridgehead atoms. The Bertz CT molecular complexity index is 604. The molecule has 3 heterocycles. The van der Waals surface area contributed by atoms with Crippen LogP contribution in [0.2, 0.25) is 0 Å². The topological polar surface area (TPSA) is 46.1 Å². The number of hydrogen-bond acceptors (Lipinski definition) is 4. The summed E-state index contributed by atoms with van der Waals surface area (Å²) >= 11 is 1.47. The summed E-state index contributed by atoms with van der Waals surface area (Å²) in [5.74, 6) is 0.737. The Morgan fingerprint density at radius 3 is 2.86 bits per heavy atom. The Morgan fingerprint density at radius 1 is 1.38 bits per heavy atom. The van der Waals surface area contributed by atoms with Crippen LogP contribution in [0.3, 0.4) is 0 Å². The second-order valence-electron chi connectivity index (χ2n) is 5.62. The van der Waals surface area contributed by atoms with Crippen molar-refractivity contribution in [1.29, 1.82) is 0 Å². The lowest BCUT2D eigenvalue weighted by atomic mass is 9.90. The van der Waals surface area contributed by atoms with Crippen LogP contribution in [-0.4, -0.2) is 33.9 Å². The van der Waals surface area contributed by atoms with E-state index in [1.807, 2.05) is 23.4 Å². The molecule has 1 amide bonds. The van der Waals surface area contributed by atoms with Crippen LogP contribution in [-0.2, 0) is 6.42 Å². The summed E-state index contributed by atoms with van der Waals surface area (Å²) in [5.41, 5.74) is 4.73. The Hall–Kier alpha value is -1.75. The molecule has 3 rings (SSSR count). The lowest BCUT2D eigenvalue weighted by molar-refractivity contribution is 0.0685. The van der Waals surface area contributed by atoms with Crippen LogP contribution in [0.25, 0.3) is 0 Å². The van der Waals surface area contributed by atoms with Gasteiger partial charge in [0.1, 0.15) is 5.69 Å². The number of thiazole rings is 1. The van der Waals surface area contributed by atoms with Crippen LogP contribution in [0.15, 0.2) is 29.2 Å². The fourth-order valence-corrected chi connectivity index (χ4v) is 3.41. The predicted octanol–water partition coefficient (Wildman–Crippen LogP) is 2.94. The van der Waals surface area contributed by atoms with Crippen LogP contribution >= 0.6 is 11.3 Å². The van der Waals surface area contributed by atoms with Gasteiger partial charge in [-0.15, -0.1) is 11.3 Å². The van der Waals surface area contributed by atoms with E-state index >= 15 is 0 Å². The van der Waals surface area contributed by atoms with Gasteiger partial charge in [0.2, 0.25) is 0 Å². The number of nitrogens with zero attached hydrogens (tertiary/aromatic N) is 3. The van der Waals surface area contributed by atoms with E-state index in [-0.39, 0.29) is 5.91 Å². The molecular weight excluding hydrogens is 282 g/mol. The number of aryl methyl sites for hydroxylation is 1. The van der Waals surface area contributed by atoms with Crippen molar-refractivity contribution in [3.05, 3.63) is 46.2 Å². The van der Waals surface area contributed by atoms with E-state index in [1.54, 1.807) is 5.51 Å².